The topological polar surface area (TPSA) is 81.9 Å². The summed E-state index contributed by atoms with van der Waals surface area (Å²) in [5.74, 6) is 2.21. The van der Waals surface area contributed by atoms with Crippen molar-refractivity contribution >= 4 is 22.9 Å². The van der Waals surface area contributed by atoms with Crippen LogP contribution < -0.4 is 10.1 Å². The fourth-order valence-corrected chi connectivity index (χ4v) is 3.39. The first-order chi connectivity index (χ1) is 14.0. The lowest BCUT2D eigenvalue weighted by atomic mass is 10.2. The highest BCUT2D eigenvalue weighted by Gasteiger charge is 2.10. The maximum atomic E-state index is 12.1. The van der Waals surface area contributed by atoms with Crippen molar-refractivity contribution in [2.75, 3.05) is 5.32 Å². The third-order valence-corrected chi connectivity index (χ3v) is 5.10. The quantitative estimate of drug-likeness (QED) is 0.521. The Labute approximate surface area is 172 Å². The van der Waals surface area contributed by atoms with E-state index in [1.165, 1.54) is 11.3 Å². The van der Waals surface area contributed by atoms with Crippen LogP contribution in [0.4, 0.5) is 5.69 Å². The summed E-state index contributed by atoms with van der Waals surface area (Å²) in [4.78, 5) is 25.3. The minimum absolute atomic E-state index is 0.137. The van der Waals surface area contributed by atoms with Crippen molar-refractivity contribution in [1.82, 2.24) is 19.5 Å². The van der Waals surface area contributed by atoms with Crippen LogP contribution in [0.15, 0.2) is 53.5 Å². The van der Waals surface area contributed by atoms with Crippen molar-refractivity contribution in [3.05, 3.63) is 76.3 Å². The van der Waals surface area contributed by atoms with E-state index < -0.39 is 0 Å². The van der Waals surface area contributed by atoms with Crippen LogP contribution in [0, 0.1) is 20.8 Å². The number of aryl methyl sites for hydroxylation is 2. The van der Waals surface area contributed by atoms with Gasteiger partial charge in [0.2, 0.25) is 5.88 Å². The Balaban J connectivity index is 1.50. The average Bonchev–Trinajstić information content (AvgIpc) is 3.34. The van der Waals surface area contributed by atoms with Gasteiger partial charge in [0.1, 0.15) is 23.7 Å². The number of carbonyl (C=O) groups excluding carboxylic acids is 1. The van der Waals surface area contributed by atoms with E-state index in [9.17, 15) is 4.79 Å². The number of carbonyl (C=O) groups is 1. The Kier molecular flexibility index (Phi) is 5.09. The maximum absolute atomic E-state index is 12.1. The molecule has 3 heterocycles. The highest BCUT2D eigenvalue weighted by Crippen LogP contribution is 2.24. The monoisotopic (exact) mass is 405 g/mol. The minimum atomic E-state index is -0.137. The van der Waals surface area contributed by atoms with Gasteiger partial charge < -0.3 is 10.1 Å². The molecule has 3 aromatic heterocycles. The molecule has 8 heteroatoms. The number of anilines is 1. The van der Waals surface area contributed by atoms with Gasteiger partial charge in [-0.25, -0.2) is 9.97 Å². The van der Waals surface area contributed by atoms with E-state index in [-0.39, 0.29) is 5.91 Å². The standard InChI is InChI=1S/C21H19N5O2S/c1-13-14(2)26(12-22-13)19-10-20(24-15(3)23-19)28-18-6-4-17(5-7-18)25-21(27)16-8-9-29-11-16/h4-12H,1-3H3,(H,25,27). The molecule has 0 bridgehead atoms. The first-order valence-electron chi connectivity index (χ1n) is 8.97. The number of imidazole rings is 1. The van der Waals surface area contributed by atoms with Gasteiger partial charge in [0.25, 0.3) is 5.91 Å². The molecule has 0 aliphatic rings. The third-order valence-electron chi connectivity index (χ3n) is 4.42. The lowest BCUT2D eigenvalue weighted by molar-refractivity contribution is 0.102. The number of nitrogens with zero attached hydrogens (tertiary/aromatic N) is 4. The molecular weight excluding hydrogens is 386 g/mol. The van der Waals surface area contributed by atoms with Crippen LogP contribution in [-0.4, -0.2) is 25.4 Å². The maximum Gasteiger partial charge on any atom is 0.256 e. The largest absolute Gasteiger partial charge is 0.439 e. The highest BCUT2D eigenvalue weighted by molar-refractivity contribution is 7.08. The minimum Gasteiger partial charge on any atom is -0.439 e. The molecule has 1 aromatic carbocycles. The Morgan fingerprint density at radius 2 is 1.90 bits per heavy atom. The normalized spacial score (nSPS) is 10.7. The summed E-state index contributed by atoms with van der Waals surface area (Å²) in [6.45, 7) is 5.76. The van der Waals surface area contributed by atoms with Crippen molar-refractivity contribution in [2.24, 2.45) is 0 Å². The third kappa shape index (κ3) is 4.17. The highest BCUT2D eigenvalue weighted by atomic mass is 32.1. The van der Waals surface area contributed by atoms with Gasteiger partial charge in [-0.15, -0.1) is 0 Å². The molecule has 0 radical (unpaired) electrons. The number of ether oxygens (including phenoxy) is 1. The number of thiophene rings is 1. The van der Waals surface area contributed by atoms with Gasteiger partial charge in [-0.3, -0.25) is 9.36 Å². The van der Waals surface area contributed by atoms with Crippen LogP contribution in [0.3, 0.4) is 0 Å². The summed E-state index contributed by atoms with van der Waals surface area (Å²) in [5.41, 5.74) is 3.30. The molecular formula is C21H19N5O2S. The van der Waals surface area contributed by atoms with Crippen LogP contribution in [-0.2, 0) is 0 Å². The molecule has 0 aliphatic heterocycles. The zero-order chi connectivity index (χ0) is 20.4. The molecule has 4 rings (SSSR count). The smallest absolute Gasteiger partial charge is 0.256 e. The van der Waals surface area contributed by atoms with Crippen LogP contribution >= 0.6 is 11.3 Å². The summed E-state index contributed by atoms with van der Waals surface area (Å²) >= 11 is 1.49. The Bertz CT molecular complexity index is 1150. The second-order valence-corrected chi connectivity index (χ2v) is 7.27. The van der Waals surface area contributed by atoms with Crippen molar-refractivity contribution in [2.45, 2.75) is 20.8 Å². The summed E-state index contributed by atoms with van der Waals surface area (Å²) < 4.78 is 7.81. The zero-order valence-corrected chi connectivity index (χ0v) is 17.0. The number of hydrogen-bond donors (Lipinski definition) is 1. The molecule has 1 amide bonds. The fraction of sp³-hybridized carbons (Fsp3) is 0.143. The zero-order valence-electron chi connectivity index (χ0n) is 16.2. The lowest BCUT2D eigenvalue weighted by Gasteiger charge is -2.10. The average molecular weight is 405 g/mol. The number of hydrogen-bond acceptors (Lipinski definition) is 6. The van der Waals surface area contributed by atoms with Gasteiger partial charge in [-0.1, -0.05) is 0 Å². The first kappa shape index (κ1) is 18.8. The molecule has 1 N–H and O–H groups in total. The van der Waals surface area contributed by atoms with E-state index in [0.717, 1.165) is 11.4 Å². The van der Waals surface area contributed by atoms with E-state index >= 15 is 0 Å². The molecule has 0 aliphatic carbocycles. The van der Waals surface area contributed by atoms with Gasteiger partial charge >= 0.3 is 0 Å². The fourth-order valence-electron chi connectivity index (χ4n) is 2.75. The number of nitrogens with one attached hydrogen (secondary N) is 1. The molecule has 0 unspecified atom stereocenters. The van der Waals surface area contributed by atoms with Gasteiger partial charge in [0, 0.05) is 22.8 Å². The van der Waals surface area contributed by atoms with Crippen molar-refractivity contribution in [3.63, 3.8) is 0 Å². The lowest BCUT2D eigenvalue weighted by Crippen LogP contribution is -2.10. The van der Waals surface area contributed by atoms with Crippen LogP contribution in [0.5, 0.6) is 11.6 Å². The van der Waals surface area contributed by atoms with Crippen LogP contribution in [0.1, 0.15) is 27.6 Å². The van der Waals surface area contributed by atoms with Crippen molar-refractivity contribution in [1.29, 1.82) is 0 Å². The second kappa shape index (κ2) is 7.84. The van der Waals surface area contributed by atoms with Crippen molar-refractivity contribution in [3.8, 4) is 17.4 Å². The molecule has 7 nitrogen and oxygen atoms in total. The molecule has 4 aromatic rings. The van der Waals surface area contributed by atoms with E-state index in [2.05, 4.69) is 20.3 Å². The molecule has 0 saturated carbocycles. The van der Waals surface area contributed by atoms with E-state index in [1.54, 1.807) is 42.7 Å². The van der Waals surface area contributed by atoms with Gasteiger partial charge in [-0.2, -0.15) is 16.3 Å². The molecule has 29 heavy (non-hydrogen) atoms. The Morgan fingerprint density at radius 1 is 1.10 bits per heavy atom. The number of aromatic nitrogens is 4. The molecule has 0 atom stereocenters. The summed E-state index contributed by atoms with van der Waals surface area (Å²) in [5, 5.41) is 6.54. The van der Waals surface area contributed by atoms with Gasteiger partial charge in [0.15, 0.2) is 0 Å². The summed E-state index contributed by atoms with van der Waals surface area (Å²) in [7, 11) is 0. The molecule has 0 fully saturated rings. The van der Waals surface area contributed by atoms with Gasteiger partial charge in [-0.05, 0) is 56.5 Å². The summed E-state index contributed by atoms with van der Waals surface area (Å²) in [6.07, 6.45) is 1.74. The van der Waals surface area contributed by atoms with Crippen LogP contribution in [0.2, 0.25) is 0 Å². The van der Waals surface area contributed by atoms with Crippen LogP contribution in [0.25, 0.3) is 5.82 Å². The number of rotatable bonds is 5. The first-order valence-corrected chi connectivity index (χ1v) is 9.92. The Hall–Kier alpha value is -3.52. The second-order valence-electron chi connectivity index (χ2n) is 6.49. The Morgan fingerprint density at radius 3 is 2.55 bits per heavy atom. The summed E-state index contributed by atoms with van der Waals surface area (Å²) in [6, 6.07) is 10.7. The van der Waals surface area contributed by atoms with Crippen molar-refractivity contribution < 1.29 is 9.53 Å². The predicted molar refractivity (Wildman–Crippen MR) is 112 cm³/mol. The molecule has 0 spiro atoms. The van der Waals surface area contributed by atoms with E-state index in [0.29, 0.717) is 34.5 Å². The number of benzene rings is 1. The SMILES string of the molecule is Cc1nc(Oc2ccc(NC(=O)c3ccsc3)cc2)cc(-n2cnc(C)c2C)n1. The van der Waals surface area contributed by atoms with Gasteiger partial charge in [0.05, 0.1) is 11.3 Å². The predicted octanol–water partition coefficient (Wildman–Crippen LogP) is 4.69. The van der Waals surface area contributed by atoms with E-state index in [1.807, 2.05) is 36.1 Å². The molecule has 146 valence electrons. The molecule has 0 saturated heterocycles. The number of amides is 1. The van der Waals surface area contributed by atoms with E-state index in [4.69, 9.17) is 4.74 Å².